The molecule has 15 heavy (non-hydrogen) atoms. The SMILES string of the molecule is CCC(C)c1nc(COC)c(C(=O)O)s1. The third-order valence-corrected chi connectivity index (χ3v) is 3.54. The molecule has 0 fully saturated rings. The van der Waals surface area contributed by atoms with Gasteiger partial charge in [-0.05, 0) is 6.42 Å². The van der Waals surface area contributed by atoms with E-state index >= 15 is 0 Å². The first-order chi connectivity index (χ1) is 7.10. The first kappa shape index (κ1) is 12.1. The normalized spacial score (nSPS) is 12.7. The smallest absolute Gasteiger partial charge is 0.347 e. The minimum Gasteiger partial charge on any atom is -0.477 e. The van der Waals surface area contributed by atoms with Crippen molar-refractivity contribution in [1.29, 1.82) is 0 Å². The number of ether oxygens (including phenoxy) is 1. The van der Waals surface area contributed by atoms with Crippen LogP contribution in [-0.4, -0.2) is 23.2 Å². The van der Waals surface area contributed by atoms with Crippen molar-refractivity contribution in [2.24, 2.45) is 0 Å². The lowest BCUT2D eigenvalue weighted by Gasteiger charge is -2.01. The highest BCUT2D eigenvalue weighted by atomic mass is 32.1. The number of hydrogen-bond acceptors (Lipinski definition) is 4. The first-order valence-electron chi connectivity index (χ1n) is 4.82. The van der Waals surface area contributed by atoms with Crippen LogP contribution in [0.1, 0.15) is 46.6 Å². The topological polar surface area (TPSA) is 59.4 Å². The van der Waals surface area contributed by atoms with Crippen LogP contribution in [0.2, 0.25) is 0 Å². The lowest BCUT2D eigenvalue weighted by Crippen LogP contribution is -2.00. The lowest BCUT2D eigenvalue weighted by atomic mass is 10.1. The van der Waals surface area contributed by atoms with Gasteiger partial charge in [0.15, 0.2) is 0 Å². The summed E-state index contributed by atoms with van der Waals surface area (Å²) < 4.78 is 4.93. The lowest BCUT2D eigenvalue weighted by molar-refractivity contribution is 0.0697. The summed E-state index contributed by atoms with van der Waals surface area (Å²) in [7, 11) is 1.54. The van der Waals surface area contributed by atoms with Gasteiger partial charge in [0.25, 0.3) is 0 Å². The Bertz CT molecular complexity index is 348. The molecule has 0 saturated carbocycles. The molecule has 0 aliphatic heterocycles. The summed E-state index contributed by atoms with van der Waals surface area (Å²) >= 11 is 1.25. The van der Waals surface area contributed by atoms with Crippen LogP contribution >= 0.6 is 11.3 Å². The maximum Gasteiger partial charge on any atom is 0.347 e. The molecule has 1 N–H and O–H groups in total. The number of methoxy groups -OCH3 is 1. The Morgan fingerprint density at radius 1 is 1.67 bits per heavy atom. The molecule has 4 nitrogen and oxygen atoms in total. The van der Waals surface area contributed by atoms with Crippen molar-refractivity contribution >= 4 is 17.3 Å². The molecule has 0 bridgehead atoms. The number of carboxylic acid groups (broad SMARTS) is 1. The molecule has 1 unspecified atom stereocenters. The van der Waals surface area contributed by atoms with Crippen molar-refractivity contribution in [3.63, 3.8) is 0 Å². The first-order valence-corrected chi connectivity index (χ1v) is 5.63. The molecule has 0 radical (unpaired) electrons. The highest BCUT2D eigenvalue weighted by molar-refractivity contribution is 7.13. The van der Waals surface area contributed by atoms with Gasteiger partial charge in [0.2, 0.25) is 0 Å². The Balaban J connectivity index is 3.03. The van der Waals surface area contributed by atoms with Gasteiger partial charge in [-0.25, -0.2) is 9.78 Å². The second-order valence-electron chi connectivity index (χ2n) is 3.38. The third-order valence-electron chi connectivity index (χ3n) is 2.22. The van der Waals surface area contributed by atoms with Crippen LogP contribution in [0.5, 0.6) is 0 Å². The summed E-state index contributed by atoms with van der Waals surface area (Å²) in [5, 5.41) is 9.85. The minimum atomic E-state index is -0.922. The van der Waals surface area contributed by atoms with Crippen LogP contribution in [0.4, 0.5) is 0 Å². The molecule has 0 amide bonds. The quantitative estimate of drug-likeness (QED) is 0.842. The fourth-order valence-electron chi connectivity index (χ4n) is 1.16. The van der Waals surface area contributed by atoms with Crippen molar-refractivity contribution < 1.29 is 14.6 Å². The number of aromatic nitrogens is 1. The van der Waals surface area contributed by atoms with E-state index in [4.69, 9.17) is 9.84 Å². The molecule has 0 aliphatic carbocycles. The summed E-state index contributed by atoms with van der Waals surface area (Å²) in [4.78, 5) is 15.5. The number of aromatic carboxylic acids is 1. The van der Waals surface area contributed by atoms with Gasteiger partial charge >= 0.3 is 5.97 Å². The van der Waals surface area contributed by atoms with E-state index in [1.807, 2.05) is 6.92 Å². The number of carboxylic acids is 1. The summed E-state index contributed by atoms with van der Waals surface area (Å²) in [6.45, 7) is 4.36. The van der Waals surface area contributed by atoms with Crippen molar-refractivity contribution in [3.8, 4) is 0 Å². The van der Waals surface area contributed by atoms with E-state index in [0.717, 1.165) is 11.4 Å². The maximum atomic E-state index is 10.9. The Kier molecular flexibility index (Phi) is 4.23. The average molecular weight is 229 g/mol. The molecule has 0 aromatic carbocycles. The average Bonchev–Trinajstić information content (AvgIpc) is 2.61. The van der Waals surface area contributed by atoms with Gasteiger partial charge in [-0.2, -0.15) is 0 Å². The van der Waals surface area contributed by atoms with Crippen LogP contribution in [-0.2, 0) is 11.3 Å². The van der Waals surface area contributed by atoms with E-state index in [9.17, 15) is 4.79 Å². The fraction of sp³-hybridized carbons (Fsp3) is 0.600. The summed E-state index contributed by atoms with van der Waals surface area (Å²) in [6, 6.07) is 0. The third kappa shape index (κ3) is 2.76. The summed E-state index contributed by atoms with van der Waals surface area (Å²) in [5.74, 6) is -0.618. The van der Waals surface area contributed by atoms with E-state index in [1.54, 1.807) is 0 Å². The Morgan fingerprint density at radius 3 is 2.80 bits per heavy atom. The van der Waals surface area contributed by atoms with E-state index in [1.165, 1.54) is 18.4 Å². The zero-order chi connectivity index (χ0) is 11.4. The monoisotopic (exact) mass is 229 g/mol. The van der Waals surface area contributed by atoms with Crippen molar-refractivity contribution in [3.05, 3.63) is 15.6 Å². The largest absolute Gasteiger partial charge is 0.477 e. The molecule has 84 valence electrons. The molecule has 1 atom stereocenters. The van der Waals surface area contributed by atoms with Crippen LogP contribution in [0.15, 0.2) is 0 Å². The Hall–Kier alpha value is -0.940. The van der Waals surface area contributed by atoms with Gasteiger partial charge in [0, 0.05) is 13.0 Å². The van der Waals surface area contributed by atoms with Gasteiger partial charge in [-0.1, -0.05) is 13.8 Å². The second-order valence-corrected chi connectivity index (χ2v) is 4.41. The predicted octanol–water partition coefficient (Wildman–Crippen LogP) is 2.50. The second kappa shape index (κ2) is 5.23. The van der Waals surface area contributed by atoms with Gasteiger partial charge in [-0.15, -0.1) is 11.3 Å². The molecule has 1 heterocycles. The maximum absolute atomic E-state index is 10.9. The van der Waals surface area contributed by atoms with Crippen LogP contribution in [0.25, 0.3) is 0 Å². The van der Waals surface area contributed by atoms with Crippen molar-refractivity contribution in [1.82, 2.24) is 4.98 Å². The van der Waals surface area contributed by atoms with Crippen LogP contribution in [0.3, 0.4) is 0 Å². The van der Waals surface area contributed by atoms with Gasteiger partial charge in [0.05, 0.1) is 17.3 Å². The van der Waals surface area contributed by atoms with E-state index < -0.39 is 5.97 Å². The molecule has 0 saturated heterocycles. The minimum absolute atomic E-state index is 0.258. The molecule has 1 rings (SSSR count). The molecule has 1 aromatic rings. The molecule has 0 aliphatic rings. The standard InChI is InChI=1S/C10H15NO3S/c1-4-6(2)9-11-7(5-14-3)8(15-9)10(12)13/h6H,4-5H2,1-3H3,(H,12,13). The summed E-state index contributed by atoms with van der Waals surface area (Å²) in [5.41, 5.74) is 0.533. The van der Waals surface area contributed by atoms with Gasteiger partial charge in [-0.3, -0.25) is 0 Å². The van der Waals surface area contributed by atoms with Gasteiger partial charge < -0.3 is 9.84 Å². The number of hydrogen-bond donors (Lipinski definition) is 1. The Morgan fingerprint density at radius 2 is 2.33 bits per heavy atom. The molecular weight excluding hydrogens is 214 g/mol. The Labute approximate surface area is 92.9 Å². The van der Waals surface area contributed by atoms with Crippen molar-refractivity contribution in [2.45, 2.75) is 32.8 Å². The highest BCUT2D eigenvalue weighted by Gasteiger charge is 2.19. The van der Waals surface area contributed by atoms with Crippen LogP contribution in [0, 0.1) is 0 Å². The van der Waals surface area contributed by atoms with Gasteiger partial charge in [0.1, 0.15) is 4.88 Å². The van der Waals surface area contributed by atoms with E-state index in [2.05, 4.69) is 11.9 Å². The van der Waals surface area contributed by atoms with E-state index in [-0.39, 0.29) is 6.61 Å². The molecule has 1 aromatic heterocycles. The number of carbonyl (C=O) groups is 1. The molecule has 5 heteroatoms. The fourth-order valence-corrected chi connectivity index (χ4v) is 2.20. The molecule has 0 spiro atoms. The predicted molar refractivity (Wildman–Crippen MR) is 58.5 cm³/mol. The summed E-state index contributed by atoms with van der Waals surface area (Å²) in [6.07, 6.45) is 0.957. The number of nitrogens with zero attached hydrogens (tertiary/aromatic N) is 1. The van der Waals surface area contributed by atoms with Crippen LogP contribution < -0.4 is 0 Å². The highest BCUT2D eigenvalue weighted by Crippen LogP contribution is 2.27. The number of rotatable bonds is 5. The zero-order valence-corrected chi connectivity index (χ0v) is 9.93. The zero-order valence-electron chi connectivity index (χ0n) is 9.11. The van der Waals surface area contributed by atoms with E-state index in [0.29, 0.717) is 16.5 Å². The molecular formula is C10H15NO3S. The number of thiazole rings is 1. The van der Waals surface area contributed by atoms with Crippen molar-refractivity contribution in [2.75, 3.05) is 7.11 Å².